The van der Waals surface area contributed by atoms with E-state index in [1.54, 1.807) is 6.92 Å². The number of rotatable bonds is 20. The van der Waals surface area contributed by atoms with Crippen LogP contribution in [0.1, 0.15) is 73.6 Å². The third-order valence-electron chi connectivity index (χ3n) is 4.79. The summed E-state index contributed by atoms with van der Waals surface area (Å²) in [5, 5.41) is 2.99. The van der Waals surface area contributed by atoms with E-state index in [9.17, 15) is 19.2 Å². The van der Waals surface area contributed by atoms with E-state index in [0.717, 1.165) is 0 Å². The second-order valence-electron chi connectivity index (χ2n) is 9.05. The highest BCUT2D eigenvalue weighted by Gasteiger charge is 2.34. The molecule has 0 heterocycles. The molecule has 0 rings (SSSR count). The van der Waals surface area contributed by atoms with Crippen LogP contribution in [0, 0.1) is 11.8 Å². The normalized spacial score (nSPS) is 13.2. The third-order valence-corrected chi connectivity index (χ3v) is 4.79. The smallest absolute Gasteiger partial charge is 0.220 e. The Bertz CT molecular complexity index is 589. The van der Waals surface area contributed by atoms with Crippen LogP contribution in [0.3, 0.4) is 0 Å². The number of hydrogen-bond donors (Lipinski definition) is 1. The van der Waals surface area contributed by atoms with E-state index in [0.29, 0.717) is 19.3 Å². The minimum Gasteiger partial charge on any atom is -0.378 e. The second kappa shape index (κ2) is 16.9. The minimum absolute atomic E-state index is 0.0113. The first-order valence-corrected chi connectivity index (χ1v) is 11.6. The average Bonchev–Trinajstić information content (AvgIpc) is 2.70. The van der Waals surface area contributed by atoms with Crippen molar-refractivity contribution in [2.24, 2.45) is 11.8 Å². The Morgan fingerprint density at radius 3 is 1.75 bits per heavy atom. The SMILES string of the molecule is CCC(=O)CCOCC(COCCC(C)=O)(COCCC(=O)C(C)C)NC(=O)CC(C)C. The largest absolute Gasteiger partial charge is 0.378 e. The van der Waals surface area contributed by atoms with Crippen LogP contribution < -0.4 is 5.32 Å². The zero-order chi connectivity index (χ0) is 24.6. The molecule has 32 heavy (non-hydrogen) atoms. The Hall–Kier alpha value is -1.64. The summed E-state index contributed by atoms with van der Waals surface area (Å²) in [4.78, 5) is 47.3. The van der Waals surface area contributed by atoms with Gasteiger partial charge in [-0.3, -0.25) is 19.2 Å². The van der Waals surface area contributed by atoms with E-state index in [-0.39, 0.29) is 87.6 Å². The fourth-order valence-electron chi connectivity index (χ4n) is 2.79. The topological polar surface area (TPSA) is 108 Å². The van der Waals surface area contributed by atoms with Crippen LogP contribution in [0.4, 0.5) is 0 Å². The first-order chi connectivity index (χ1) is 15.0. The average molecular weight is 458 g/mol. The quantitative estimate of drug-likeness (QED) is 0.280. The molecule has 0 aliphatic carbocycles. The van der Waals surface area contributed by atoms with Crippen molar-refractivity contribution >= 4 is 23.3 Å². The molecule has 186 valence electrons. The maximum Gasteiger partial charge on any atom is 0.220 e. The fourth-order valence-corrected chi connectivity index (χ4v) is 2.79. The molecule has 0 radical (unpaired) electrons. The van der Waals surface area contributed by atoms with Crippen molar-refractivity contribution < 1.29 is 33.4 Å². The minimum atomic E-state index is -0.987. The molecule has 0 saturated carbocycles. The van der Waals surface area contributed by atoms with Gasteiger partial charge in [0.05, 0.1) is 39.6 Å². The number of carbonyl (C=O) groups is 4. The Morgan fingerprint density at radius 1 is 0.812 bits per heavy atom. The lowest BCUT2D eigenvalue weighted by atomic mass is 10.0. The van der Waals surface area contributed by atoms with Gasteiger partial charge in [0.25, 0.3) is 0 Å². The molecule has 0 saturated heterocycles. The Morgan fingerprint density at radius 2 is 1.31 bits per heavy atom. The van der Waals surface area contributed by atoms with Gasteiger partial charge in [-0.1, -0.05) is 34.6 Å². The number of carbonyl (C=O) groups excluding carboxylic acids is 4. The Labute approximate surface area is 193 Å². The number of ketones is 3. The summed E-state index contributed by atoms with van der Waals surface area (Å²) >= 11 is 0. The molecule has 8 nitrogen and oxygen atoms in total. The summed E-state index contributed by atoms with van der Waals surface area (Å²) in [5.74, 6) is 0.150. The van der Waals surface area contributed by atoms with Gasteiger partial charge in [0.1, 0.15) is 22.9 Å². The first-order valence-electron chi connectivity index (χ1n) is 11.6. The van der Waals surface area contributed by atoms with Crippen molar-refractivity contribution in [1.82, 2.24) is 5.32 Å². The van der Waals surface area contributed by atoms with Gasteiger partial charge in [-0.25, -0.2) is 0 Å². The van der Waals surface area contributed by atoms with Crippen LogP contribution in [-0.4, -0.2) is 68.4 Å². The van der Waals surface area contributed by atoms with Crippen LogP contribution in [0.2, 0.25) is 0 Å². The number of nitrogens with one attached hydrogen (secondary N) is 1. The second-order valence-corrected chi connectivity index (χ2v) is 9.05. The summed E-state index contributed by atoms with van der Waals surface area (Å²) in [6.07, 6.45) is 1.62. The van der Waals surface area contributed by atoms with E-state index in [1.807, 2.05) is 27.7 Å². The standard InChI is InChI=1S/C24H43NO7/c1-7-21(27)9-12-31-16-24(15-30-11-8-20(6)26,25-23(29)14-18(2)3)17-32-13-10-22(28)19(4)5/h18-19H,7-17H2,1-6H3,(H,25,29). The number of amides is 1. The Kier molecular flexibility index (Phi) is 16.1. The van der Waals surface area contributed by atoms with Gasteiger partial charge in [0, 0.05) is 38.0 Å². The zero-order valence-electron chi connectivity index (χ0n) is 20.8. The fraction of sp³-hybridized carbons (Fsp3) is 0.833. The summed E-state index contributed by atoms with van der Waals surface area (Å²) in [5.41, 5.74) is -0.987. The molecule has 0 aromatic carbocycles. The molecule has 1 N–H and O–H groups in total. The number of ether oxygens (including phenoxy) is 3. The molecule has 1 atom stereocenters. The van der Waals surface area contributed by atoms with Crippen molar-refractivity contribution in [2.45, 2.75) is 79.2 Å². The summed E-state index contributed by atoms with van der Waals surface area (Å²) in [6.45, 7) is 11.8. The highest BCUT2D eigenvalue weighted by molar-refractivity contribution is 5.80. The molecular formula is C24H43NO7. The van der Waals surface area contributed by atoms with Gasteiger partial charge in [0.15, 0.2) is 0 Å². The lowest BCUT2D eigenvalue weighted by molar-refractivity contribution is -0.130. The first kappa shape index (κ1) is 30.4. The van der Waals surface area contributed by atoms with Crippen molar-refractivity contribution in [3.05, 3.63) is 0 Å². The molecule has 0 aliphatic rings. The van der Waals surface area contributed by atoms with Gasteiger partial charge in [-0.2, -0.15) is 0 Å². The van der Waals surface area contributed by atoms with Crippen molar-refractivity contribution in [3.63, 3.8) is 0 Å². The molecule has 0 fully saturated rings. The molecular weight excluding hydrogens is 414 g/mol. The van der Waals surface area contributed by atoms with Gasteiger partial charge in [-0.15, -0.1) is 0 Å². The number of Topliss-reactive ketones (excluding diaryl/α,β-unsaturated/α-hetero) is 3. The van der Waals surface area contributed by atoms with Gasteiger partial charge < -0.3 is 19.5 Å². The van der Waals surface area contributed by atoms with Crippen molar-refractivity contribution in [3.8, 4) is 0 Å². The van der Waals surface area contributed by atoms with Crippen molar-refractivity contribution in [2.75, 3.05) is 39.6 Å². The van der Waals surface area contributed by atoms with Crippen LogP contribution in [0.5, 0.6) is 0 Å². The molecule has 1 amide bonds. The molecule has 8 heteroatoms. The summed E-state index contributed by atoms with van der Waals surface area (Å²) < 4.78 is 17.2. The van der Waals surface area contributed by atoms with Gasteiger partial charge in [0.2, 0.25) is 5.91 Å². The van der Waals surface area contributed by atoms with Gasteiger partial charge in [-0.05, 0) is 12.8 Å². The van der Waals surface area contributed by atoms with Crippen molar-refractivity contribution in [1.29, 1.82) is 0 Å². The van der Waals surface area contributed by atoms with E-state index >= 15 is 0 Å². The molecule has 0 aromatic rings. The summed E-state index contributed by atoms with van der Waals surface area (Å²) in [6, 6.07) is 0. The van der Waals surface area contributed by atoms with E-state index in [2.05, 4.69) is 5.32 Å². The van der Waals surface area contributed by atoms with Crippen LogP contribution >= 0.6 is 0 Å². The summed E-state index contributed by atoms with van der Waals surface area (Å²) in [7, 11) is 0. The van der Waals surface area contributed by atoms with E-state index in [1.165, 1.54) is 6.92 Å². The highest BCUT2D eigenvalue weighted by atomic mass is 16.5. The monoisotopic (exact) mass is 457 g/mol. The lowest BCUT2D eigenvalue weighted by Crippen LogP contribution is -2.59. The predicted molar refractivity (Wildman–Crippen MR) is 122 cm³/mol. The molecule has 0 bridgehead atoms. The zero-order valence-corrected chi connectivity index (χ0v) is 20.8. The predicted octanol–water partition coefficient (Wildman–Crippen LogP) is 2.90. The maximum absolute atomic E-state index is 12.6. The van der Waals surface area contributed by atoms with E-state index < -0.39 is 5.54 Å². The molecule has 0 spiro atoms. The molecule has 0 aromatic heterocycles. The van der Waals surface area contributed by atoms with Crippen LogP contribution in [-0.2, 0) is 33.4 Å². The highest BCUT2D eigenvalue weighted by Crippen LogP contribution is 2.13. The third kappa shape index (κ3) is 15.2. The Balaban J connectivity index is 5.23. The molecule has 0 aliphatic heterocycles. The number of hydrogen-bond acceptors (Lipinski definition) is 7. The van der Waals surface area contributed by atoms with E-state index in [4.69, 9.17) is 14.2 Å². The molecule has 1 unspecified atom stereocenters. The van der Waals surface area contributed by atoms with Crippen LogP contribution in [0.25, 0.3) is 0 Å². The lowest BCUT2D eigenvalue weighted by Gasteiger charge is -2.34. The van der Waals surface area contributed by atoms with Gasteiger partial charge >= 0.3 is 0 Å². The van der Waals surface area contributed by atoms with Crippen LogP contribution in [0.15, 0.2) is 0 Å². The maximum atomic E-state index is 12.6.